The number of benzene rings is 2. The van der Waals surface area contributed by atoms with Crippen molar-refractivity contribution in [2.75, 3.05) is 18.5 Å². The van der Waals surface area contributed by atoms with Crippen molar-refractivity contribution in [3.8, 4) is 5.75 Å². The fourth-order valence-electron chi connectivity index (χ4n) is 6.41. The summed E-state index contributed by atoms with van der Waals surface area (Å²) in [4.78, 5) is 42.3. The molecule has 0 fully saturated rings. The minimum Gasteiger partial charge on any atom is -0.484 e. The summed E-state index contributed by atoms with van der Waals surface area (Å²) in [6.07, 6.45) is 2.50. The first-order valence-electron chi connectivity index (χ1n) is 13.9. The molecule has 0 radical (unpaired) electrons. The minimum absolute atomic E-state index is 0.113. The van der Waals surface area contributed by atoms with Crippen molar-refractivity contribution >= 4 is 23.2 Å². The standard InChI is InChI=1S/C33H38N2O4/c1-6-35-24-16-32(2,3)18-26(36)30(24)29(31-25(35)17-33(4,5)19-27(31)37)21-11-10-14-23(15-21)39-20-28(38)34-22-12-8-7-9-13-22/h7-15,29H,6,16-20H2,1-5H3,(H,34,38). The molecule has 0 saturated heterocycles. The fraction of sp³-hybridized carbons (Fsp3) is 0.424. The van der Waals surface area contributed by atoms with E-state index in [4.69, 9.17) is 4.74 Å². The van der Waals surface area contributed by atoms with Crippen LogP contribution in [0.2, 0.25) is 0 Å². The first-order valence-corrected chi connectivity index (χ1v) is 13.9. The lowest BCUT2D eigenvalue weighted by atomic mass is 9.63. The number of Topliss-reactive ketones (excluding diaryl/α,β-unsaturated/α-hetero) is 2. The monoisotopic (exact) mass is 526 g/mol. The highest BCUT2D eigenvalue weighted by Gasteiger charge is 2.48. The zero-order valence-corrected chi connectivity index (χ0v) is 23.6. The molecule has 0 spiro atoms. The number of anilines is 1. The van der Waals surface area contributed by atoms with Crippen molar-refractivity contribution in [1.29, 1.82) is 0 Å². The van der Waals surface area contributed by atoms with E-state index >= 15 is 0 Å². The number of para-hydroxylation sites is 1. The van der Waals surface area contributed by atoms with Crippen LogP contribution in [0.25, 0.3) is 0 Å². The molecule has 1 N–H and O–H groups in total. The molecule has 0 atom stereocenters. The fourth-order valence-corrected chi connectivity index (χ4v) is 6.41. The SMILES string of the molecule is CCN1C2=C(C(=O)CC(C)(C)C2)C(c2cccc(OCC(=O)Nc3ccccc3)c2)C2=C1CC(C)(C)CC2=O. The van der Waals surface area contributed by atoms with Crippen molar-refractivity contribution in [3.63, 3.8) is 0 Å². The van der Waals surface area contributed by atoms with E-state index < -0.39 is 5.92 Å². The van der Waals surface area contributed by atoms with Crippen LogP contribution >= 0.6 is 0 Å². The summed E-state index contributed by atoms with van der Waals surface area (Å²) in [6.45, 7) is 11.3. The van der Waals surface area contributed by atoms with Gasteiger partial charge in [-0.1, -0.05) is 58.0 Å². The maximum atomic E-state index is 13.8. The Kier molecular flexibility index (Phi) is 7.00. The number of carbonyl (C=O) groups excluding carboxylic acids is 3. The first kappa shape index (κ1) is 26.9. The van der Waals surface area contributed by atoms with E-state index in [0.29, 0.717) is 24.3 Å². The molecule has 6 nitrogen and oxygen atoms in total. The van der Waals surface area contributed by atoms with E-state index in [1.807, 2.05) is 54.6 Å². The van der Waals surface area contributed by atoms with Crippen LogP contribution in [0.1, 0.15) is 71.8 Å². The summed E-state index contributed by atoms with van der Waals surface area (Å²) in [6, 6.07) is 16.8. The van der Waals surface area contributed by atoms with Crippen molar-refractivity contribution in [2.45, 2.75) is 66.2 Å². The molecular weight excluding hydrogens is 488 g/mol. The number of amides is 1. The Balaban J connectivity index is 1.52. The van der Waals surface area contributed by atoms with Gasteiger partial charge in [-0.2, -0.15) is 0 Å². The Morgan fingerprint density at radius 2 is 1.46 bits per heavy atom. The van der Waals surface area contributed by atoms with E-state index in [1.165, 1.54) is 0 Å². The molecule has 1 aliphatic heterocycles. The van der Waals surface area contributed by atoms with Gasteiger partial charge in [0.15, 0.2) is 18.2 Å². The number of hydrogen-bond donors (Lipinski definition) is 1. The van der Waals surface area contributed by atoms with Crippen LogP contribution < -0.4 is 10.1 Å². The number of rotatable bonds is 6. The number of allylic oxidation sites excluding steroid dienone is 4. The molecule has 1 heterocycles. The van der Waals surface area contributed by atoms with E-state index in [2.05, 4.69) is 44.8 Å². The second-order valence-corrected chi connectivity index (χ2v) is 12.6. The highest BCUT2D eigenvalue weighted by atomic mass is 16.5. The Morgan fingerprint density at radius 3 is 2.03 bits per heavy atom. The van der Waals surface area contributed by atoms with E-state index in [-0.39, 0.29) is 34.9 Å². The summed E-state index contributed by atoms with van der Waals surface area (Å²) >= 11 is 0. The summed E-state index contributed by atoms with van der Waals surface area (Å²) < 4.78 is 5.88. The van der Waals surface area contributed by atoms with Crippen molar-refractivity contribution in [2.24, 2.45) is 10.8 Å². The van der Waals surface area contributed by atoms with Gasteiger partial charge in [0.25, 0.3) is 5.91 Å². The molecule has 0 saturated carbocycles. The van der Waals surface area contributed by atoms with Gasteiger partial charge in [0.2, 0.25) is 0 Å². The summed E-state index contributed by atoms with van der Waals surface area (Å²) in [5.74, 6) is 0.0777. The van der Waals surface area contributed by atoms with Crippen molar-refractivity contribution in [3.05, 3.63) is 82.7 Å². The van der Waals surface area contributed by atoms with E-state index in [0.717, 1.165) is 47.5 Å². The molecule has 0 unspecified atom stereocenters. The second kappa shape index (κ2) is 10.1. The predicted molar refractivity (Wildman–Crippen MR) is 152 cm³/mol. The second-order valence-electron chi connectivity index (χ2n) is 12.6. The average molecular weight is 527 g/mol. The first-order chi connectivity index (χ1) is 18.5. The molecule has 204 valence electrons. The van der Waals surface area contributed by atoms with Crippen LogP contribution in [0.15, 0.2) is 77.1 Å². The van der Waals surface area contributed by atoms with Gasteiger partial charge in [-0.3, -0.25) is 14.4 Å². The van der Waals surface area contributed by atoms with Crippen LogP contribution in [0.3, 0.4) is 0 Å². The average Bonchev–Trinajstić information content (AvgIpc) is 2.86. The van der Waals surface area contributed by atoms with Gasteiger partial charge < -0.3 is 15.0 Å². The lowest BCUT2D eigenvalue weighted by molar-refractivity contribution is -0.120. The molecule has 0 aromatic heterocycles. The molecule has 5 rings (SSSR count). The Morgan fingerprint density at radius 1 is 0.872 bits per heavy atom. The normalized spacial score (nSPS) is 20.5. The molecular formula is C33H38N2O4. The number of hydrogen-bond acceptors (Lipinski definition) is 5. The van der Waals surface area contributed by atoms with Gasteiger partial charge in [-0.05, 0) is 60.4 Å². The summed E-state index contributed by atoms with van der Waals surface area (Å²) in [7, 11) is 0. The predicted octanol–water partition coefficient (Wildman–Crippen LogP) is 6.41. The highest BCUT2D eigenvalue weighted by molar-refractivity contribution is 6.06. The molecule has 0 bridgehead atoms. The van der Waals surface area contributed by atoms with Crippen LogP contribution in [0, 0.1) is 10.8 Å². The maximum Gasteiger partial charge on any atom is 0.262 e. The topological polar surface area (TPSA) is 75.7 Å². The summed E-state index contributed by atoms with van der Waals surface area (Å²) in [5, 5.41) is 2.83. The molecule has 2 aromatic rings. The van der Waals surface area contributed by atoms with Gasteiger partial charge >= 0.3 is 0 Å². The number of ether oxygens (including phenoxy) is 1. The largest absolute Gasteiger partial charge is 0.484 e. The van der Waals surface area contributed by atoms with Crippen LogP contribution in [0.4, 0.5) is 5.69 Å². The van der Waals surface area contributed by atoms with Gasteiger partial charge in [0, 0.05) is 53.5 Å². The van der Waals surface area contributed by atoms with Crippen molar-refractivity contribution < 1.29 is 19.1 Å². The smallest absolute Gasteiger partial charge is 0.262 e. The Bertz CT molecular complexity index is 1330. The quantitative estimate of drug-likeness (QED) is 0.471. The van der Waals surface area contributed by atoms with Crippen molar-refractivity contribution in [1.82, 2.24) is 4.90 Å². The molecule has 2 aliphatic carbocycles. The summed E-state index contributed by atoms with van der Waals surface area (Å²) in [5.41, 5.74) is 4.90. The van der Waals surface area contributed by atoms with Crippen LogP contribution in [-0.4, -0.2) is 35.5 Å². The lowest BCUT2D eigenvalue weighted by Crippen LogP contribution is -2.44. The third-order valence-electron chi connectivity index (χ3n) is 7.96. The lowest BCUT2D eigenvalue weighted by Gasteiger charge is -2.48. The van der Waals surface area contributed by atoms with E-state index in [1.54, 1.807) is 0 Å². The molecule has 6 heteroatoms. The molecule has 1 amide bonds. The number of carbonyl (C=O) groups is 3. The van der Waals surface area contributed by atoms with Crippen LogP contribution in [-0.2, 0) is 14.4 Å². The zero-order valence-electron chi connectivity index (χ0n) is 23.6. The Labute approximate surface area is 231 Å². The van der Waals surface area contributed by atoms with Gasteiger partial charge in [0.05, 0.1) is 0 Å². The van der Waals surface area contributed by atoms with Gasteiger partial charge in [-0.15, -0.1) is 0 Å². The molecule has 2 aromatic carbocycles. The van der Waals surface area contributed by atoms with Gasteiger partial charge in [0.1, 0.15) is 5.75 Å². The Hall–Kier alpha value is -3.67. The third-order valence-corrected chi connectivity index (χ3v) is 7.96. The third kappa shape index (κ3) is 5.42. The highest BCUT2D eigenvalue weighted by Crippen LogP contribution is 2.54. The van der Waals surface area contributed by atoms with Crippen LogP contribution in [0.5, 0.6) is 5.75 Å². The number of nitrogens with one attached hydrogen (secondary N) is 1. The number of ketones is 2. The molecule has 3 aliphatic rings. The minimum atomic E-state index is -0.424. The zero-order chi connectivity index (χ0) is 27.9. The van der Waals surface area contributed by atoms with E-state index in [9.17, 15) is 14.4 Å². The number of nitrogens with zero attached hydrogens (tertiary/aromatic N) is 1. The maximum absolute atomic E-state index is 13.8. The molecule has 39 heavy (non-hydrogen) atoms. The van der Waals surface area contributed by atoms with Gasteiger partial charge in [-0.25, -0.2) is 0 Å².